The summed E-state index contributed by atoms with van der Waals surface area (Å²) in [6.07, 6.45) is 0. The van der Waals surface area contributed by atoms with E-state index in [1.54, 1.807) is 23.5 Å². The fraction of sp³-hybridized carbons (Fsp3) is 0.444. The van der Waals surface area contributed by atoms with Crippen molar-refractivity contribution < 1.29 is 48.7 Å². The average molecular weight is 562 g/mol. The van der Waals surface area contributed by atoms with Crippen molar-refractivity contribution in [1.82, 2.24) is 15.1 Å². The van der Waals surface area contributed by atoms with Crippen molar-refractivity contribution in [3.63, 3.8) is 0 Å². The molecule has 3 aliphatic heterocycles. The lowest BCUT2D eigenvalue weighted by molar-refractivity contribution is -0.355. The second-order valence-corrected chi connectivity index (χ2v) is 9.40. The molecule has 2 aromatic rings. The van der Waals surface area contributed by atoms with Gasteiger partial charge in [-0.15, -0.1) is 0 Å². The highest BCUT2D eigenvalue weighted by Crippen LogP contribution is 2.37. The maximum Gasteiger partial charge on any atom is 0.303 e. The number of morpholine rings is 1. The third kappa shape index (κ3) is 5.19. The number of amides is 3. The van der Waals surface area contributed by atoms with Crippen molar-refractivity contribution in [3.8, 4) is 5.75 Å². The van der Waals surface area contributed by atoms with E-state index < -0.39 is 41.2 Å². The summed E-state index contributed by atoms with van der Waals surface area (Å²) >= 11 is 0. The van der Waals surface area contributed by atoms with Gasteiger partial charge >= 0.3 is 5.79 Å². The molecule has 0 bridgehead atoms. The van der Waals surface area contributed by atoms with Gasteiger partial charge in [-0.05, 0) is 12.1 Å². The highest BCUT2D eigenvalue weighted by molar-refractivity contribution is 6.08. The molecule has 2 saturated heterocycles. The zero-order valence-electron chi connectivity index (χ0n) is 22.1. The minimum absolute atomic E-state index is 0.0611. The summed E-state index contributed by atoms with van der Waals surface area (Å²) < 4.78 is 26.4. The van der Waals surface area contributed by atoms with Gasteiger partial charge in [0, 0.05) is 41.9 Å². The Morgan fingerprint density at radius 1 is 1.02 bits per heavy atom. The predicted molar refractivity (Wildman–Crippen MR) is 136 cm³/mol. The molecule has 3 heterocycles. The summed E-state index contributed by atoms with van der Waals surface area (Å²) in [7, 11) is 0. The zero-order chi connectivity index (χ0) is 29.2. The zero-order valence-corrected chi connectivity index (χ0v) is 22.1. The van der Waals surface area contributed by atoms with Gasteiger partial charge in [0.05, 0.1) is 19.8 Å². The third-order valence-electron chi connectivity index (χ3n) is 7.00. The summed E-state index contributed by atoms with van der Waals surface area (Å²) in [5.41, 5.74) is 1.12. The minimum Gasteiger partial charge on any atom is -0.488 e. The summed E-state index contributed by atoms with van der Waals surface area (Å²) in [5, 5.41) is 42.2. The molecule has 2 fully saturated rings. The minimum atomic E-state index is -3.76. The third-order valence-corrected chi connectivity index (χ3v) is 7.00. The Morgan fingerprint density at radius 3 is 2.38 bits per heavy atom. The van der Waals surface area contributed by atoms with Crippen molar-refractivity contribution >= 4 is 17.7 Å². The molecule has 1 atom stereocenters. The van der Waals surface area contributed by atoms with Crippen LogP contribution in [-0.2, 0) is 34.0 Å². The van der Waals surface area contributed by atoms with Crippen LogP contribution in [0.25, 0.3) is 0 Å². The van der Waals surface area contributed by atoms with Crippen LogP contribution in [-0.4, -0.2) is 91.9 Å². The van der Waals surface area contributed by atoms with Gasteiger partial charge in [-0.3, -0.25) is 24.6 Å². The van der Waals surface area contributed by atoms with E-state index >= 15 is 4.39 Å². The van der Waals surface area contributed by atoms with E-state index in [1.165, 1.54) is 18.2 Å². The first-order chi connectivity index (χ1) is 19.0. The second-order valence-electron chi connectivity index (χ2n) is 9.40. The lowest BCUT2D eigenvalue weighted by Crippen LogP contribution is -2.79. The van der Waals surface area contributed by atoms with E-state index in [4.69, 9.17) is 9.47 Å². The molecule has 12 nitrogen and oxygen atoms in total. The Bertz CT molecular complexity index is 1290. The monoisotopic (exact) mass is 561 g/mol. The van der Waals surface area contributed by atoms with Crippen molar-refractivity contribution in [3.05, 3.63) is 64.5 Å². The van der Waals surface area contributed by atoms with Crippen LogP contribution in [0, 0.1) is 5.82 Å². The number of hydrogen-bond acceptors (Lipinski definition) is 10. The van der Waals surface area contributed by atoms with Crippen LogP contribution in [0.4, 0.5) is 4.39 Å². The standard InChI is InChI=1S/C25H26FN3O9.C2H6/c26-19-14(11-28-7-9-37-10-8-28)3-1-4-15(19)13-38-18-6-2-5-16-17(18)12-29(22(16)31)20-21(30)27-23(32)25(35,36)24(20,33)34;1-2/h1-6,20,33-36H,7-13H2,(H,27,30,32);1-2H3. The largest absolute Gasteiger partial charge is 0.488 e. The normalized spacial score (nSPS) is 21.8. The van der Waals surface area contributed by atoms with Crippen molar-refractivity contribution in [2.24, 2.45) is 0 Å². The molecule has 0 radical (unpaired) electrons. The van der Waals surface area contributed by atoms with Crippen LogP contribution in [0.5, 0.6) is 5.75 Å². The Kier molecular flexibility index (Phi) is 8.54. The van der Waals surface area contributed by atoms with E-state index in [1.807, 2.05) is 13.8 Å². The maximum atomic E-state index is 15.2. The molecule has 3 aliphatic rings. The van der Waals surface area contributed by atoms with Gasteiger partial charge in [0.25, 0.3) is 23.5 Å². The number of piperidine rings is 1. The van der Waals surface area contributed by atoms with Gasteiger partial charge in [0.2, 0.25) is 0 Å². The van der Waals surface area contributed by atoms with Crippen LogP contribution < -0.4 is 10.1 Å². The number of rotatable bonds is 6. The van der Waals surface area contributed by atoms with Gasteiger partial charge in [0.1, 0.15) is 18.2 Å². The van der Waals surface area contributed by atoms with Gasteiger partial charge in [-0.25, -0.2) is 4.39 Å². The van der Waals surface area contributed by atoms with Gasteiger partial charge < -0.3 is 34.8 Å². The van der Waals surface area contributed by atoms with Crippen LogP contribution in [0.1, 0.15) is 40.9 Å². The fourth-order valence-corrected chi connectivity index (χ4v) is 4.86. The number of carbonyl (C=O) groups excluding carboxylic acids is 3. The molecule has 0 aliphatic carbocycles. The lowest BCUT2D eigenvalue weighted by atomic mass is 9.90. The van der Waals surface area contributed by atoms with E-state index in [-0.39, 0.29) is 35.6 Å². The predicted octanol–water partition coefficient (Wildman–Crippen LogP) is -0.394. The molecule has 5 rings (SSSR count). The Morgan fingerprint density at radius 2 is 1.68 bits per heavy atom. The van der Waals surface area contributed by atoms with Gasteiger partial charge in [0.15, 0.2) is 6.04 Å². The molecule has 0 aromatic heterocycles. The summed E-state index contributed by atoms with van der Waals surface area (Å²) in [6.45, 7) is 6.43. The summed E-state index contributed by atoms with van der Waals surface area (Å²) in [4.78, 5) is 40.0. The van der Waals surface area contributed by atoms with Crippen molar-refractivity contribution in [2.75, 3.05) is 26.3 Å². The number of nitrogens with zero attached hydrogens (tertiary/aromatic N) is 2. The molecular formula is C27H32FN3O9. The Balaban J connectivity index is 0.00000181. The van der Waals surface area contributed by atoms with Crippen molar-refractivity contribution in [1.29, 1.82) is 0 Å². The van der Waals surface area contributed by atoms with Crippen molar-refractivity contribution in [2.45, 2.75) is 51.2 Å². The molecule has 216 valence electrons. The number of ether oxygens (including phenoxy) is 2. The maximum absolute atomic E-state index is 15.2. The summed E-state index contributed by atoms with van der Waals surface area (Å²) in [6, 6.07) is 7.22. The topological polar surface area (TPSA) is 169 Å². The van der Waals surface area contributed by atoms with Crippen LogP contribution in [0.2, 0.25) is 0 Å². The number of nitrogens with one attached hydrogen (secondary N) is 1. The molecular weight excluding hydrogens is 529 g/mol. The number of benzene rings is 2. The average Bonchev–Trinajstić information content (AvgIpc) is 3.26. The Hall–Kier alpha value is -3.46. The molecule has 40 heavy (non-hydrogen) atoms. The van der Waals surface area contributed by atoms with E-state index in [0.29, 0.717) is 43.3 Å². The van der Waals surface area contributed by atoms with Crippen LogP contribution >= 0.6 is 0 Å². The molecule has 1 unspecified atom stereocenters. The quantitative estimate of drug-likeness (QED) is 0.231. The van der Waals surface area contributed by atoms with E-state index in [9.17, 15) is 34.8 Å². The molecule has 0 saturated carbocycles. The molecule has 13 heteroatoms. The number of halogens is 1. The first kappa shape index (κ1) is 29.5. The Labute approximate surface area is 229 Å². The molecule has 3 amide bonds. The number of aliphatic hydroxyl groups is 4. The number of carbonyl (C=O) groups is 3. The van der Waals surface area contributed by atoms with Crippen LogP contribution in [0.15, 0.2) is 36.4 Å². The summed E-state index contributed by atoms with van der Waals surface area (Å²) in [5.74, 6) is -11.6. The fourth-order valence-electron chi connectivity index (χ4n) is 4.86. The van der Waals surface area contributed by atoms with Gasteiger partial charge in [-0.2, -0.15) is 0 Å². The second kappa shape index (κ2) is 11.6. The first-order valence-corrected chi connectivity index (χ1v) is 12.9. The SMILES string of the molecule is CC.O=C1NC(=O)C(O)(O)C(O)(O)C1N1Cc2c(OCc3cccc(CN4CCOCC4)c3F)cccc2C1=O. The highest BCUT2D eigenvalue weighted by Gasteiger charge is 2.67. The number of hydrogen-bond donors (Lipinski definition) is 5. The molecule has 0 spiro atoms. The van der Waals surface area contributed by atoms with Gasteiger partial charge in [-0.1, -0.05) is 38.1 Å². The molecule has 5 N–H and O–H groups in total. The van der Waals surface area contributed by atoms with E-state index in [0.717, 1.165) is 0 Å². The first-order valence-electron chi connectivity index (χ1n) is 12.9. The lowest BCUT2D eigenvalue weighted by Gasteiger charge is -2.44. The van der Waals surface area contributed by atoms with E-state index in [2.05, 4.69) is 4.90 Å². The number of fused-ring (bicyclic) bond motifs is 1. The smallest absolute Gasteiger partial charge is 0.303 e. The molecule has 2 aromatic carbocycles. The highest BCUT2D eigenvalue weighted by atomic mass is 19.1. The number of imide groups is 1. The van der Waals surface area contributed by atoms with Crippen LogP contribution in [0.3, 0.4) is 0 Å².